The number of aromatic nitrogens is 4. The van der Waals surface area contributed by atoms with Gasteiger partial charge in [0.15, 0.2) is 0 Å². The first kappa shape index (κ1) is 14.1. The van der Waals surface area contributed by atoms with E-state index in [4.69, 9.17) is 0 Å². The van der Waals surface area contributed by atoms with Gasteiger partial charge in [-0.2, -0.15) is 18.3 Å². The van der Waals surface area contributed by atoms with Crippen LogP contribution in [0.1, 0.15) is 16.8 Å². The van der Waals surface area contributed by atoms with Crippen molar-refractivity contribution < 1.29 is 13.2 Å². The SMILES string of the molecule is Cn1cc(Cc2cn3ccc(C(F)(F)F)cc3n2)c(Br)n1. The topological polar surface area (TPSA) is 35.1 Å². The predicted molar refractivity (Wildman–Crippen MR) is 73.9 cm³/mol. The zero-order chi connectivity index (χ0) is 15.2. The third kappa shape index (κ3) is 2.80. The van der Waals surface area contributed by atoms with Crippen LogP contribution in [0.2, 0.25) is 0 Å². The molecule has 3 rings (SSSR count). The van der Waals surface area contributed by atoms with Crippen molar-refractivity contribution in [2.75, 3.05) is 0 Å². The molecule has 0 atom stereocenters. The van der Waals surface area contributed by atoms with Gasteiger partial charge in [-0.15, -0.1) is 0 Å². The first-order valence-electron chi connectivity index (χ1n) is 6.06. The highest BCUT2D eigenvalue weighted by atomic mass is 79.9. The minimum absolute atomic E-state index is 0.278. The molecule has 0 spiro atoms. The van der Waals surface area contributed by atoms with Crippen LogP contribution in [-0.4, -0.2) is 19.2 Å². The number of hydrogen-bond donors (Lipinski definition) is 0. The number of aryl methyl sites for hydroxylation is 1. The van der Waals surface area contributed by atoms with E-state index in [0.29, 0.717) is 16.7 Å². The Morgan fingerprint density at radius 3 is 2.67 bits per heavy atom. The van der Waals surface area contributed by atoms with Crippen molar-refractivity contribution in [1.82, 2.24) is 19.2 Å². The van der Waals surface area contributed by atoms with Gasteiger partial charge in [0.25, 0.3) is 0 Å². The second kappa shape index (κ2) is 4.87. The highest BCUT2D eigenvalue weighted by molar-refractivity contribution is 9.10. The summed E-state index contributed by atoms with van der Waals surface area (Å²) in [5.74, 6) is 0. The summed E-state index contributed by atoms with van der Waals surface area (Å²) in [6, 6.07) is 2.08. The zero-order valence-corrected chi connectivity index (χ0v) is 12.5. The average Bonchev–Trinajstić information content (AvgIpc) is 2.90. The van der Waals surface area contributed by atoms with Crippen LogP contribution < -0.4 is 0 Å². The van der Waals surface area contributed by atoms with E-state index >= 15 is 0 Å². The molecule has 0 aliphatic carbocycles. The summed E-state index contributed by atoms with van der Waals surface area (Å²) < 4.78 is 42.0. The summed E-state index contributed by atoms with van der Waals surface area (Å²) in [6.45, 7) is 0. The van der Waals surface area contributed by atoms with Gasteiger partial charge < -0.3 is 4.40 Å². The van der Waals surface area contributed by atoms with Crippen LogP contribution in [-0.2, 0) is 19.6 Å². The van der Waals surface area contributed by atoms with E-state index in [-0.39, 0.29) is 5.65 Å². The number of pyridine rings is 1. The van der Waals surface area contributed by atoms with Crippen LogP contribution in [0.25, 0.3) is 5.65 Å². The van der Waals surface area contributed by atoms with Gasteiger partial charge >= 0.3 is 6.18 Å². The van der Waals surface area contributed by atoms with Crippen molar-refractivity contribution in [3.8, 4) is 0 Å². The van der Waals surface area contributed by atoms with E-state index in [1.165, 1.54) is 6.20 Å². The van der Waals surface area contributed by atoms with Crippen molar-refractivity contribution in [2.45, 2.75) is 12.6 Å². The van der Waals surface area contributed by atoms with Crippen LogP contribution in [0.15, 0.2) is 35.3 Å². The van der Waals surface area contributed by atoms with Gasteiger partial charge in [0.2, 0.25) is 0 Å². The molecule has 0 amide bonds. The lowest BCUT2D eigenvalue weighted by molar-refractivity contribution is -0.137. The Balaban J connectivity index is 1.96. The van der Waals surface area contributed by atoms with Crippen LogP contribution in [0.3, 0.4) is 0 Å². The average molecular weight is 359 g/mol. The summed E-state index contributed by atoms with van der Waals surface area (Å²) in [7, 11) is 1.80. The van der Waals surface area contributed by atoms with Crippen LogP contribution in [0, 0.1) is 0 Å². The molecule has 0 aliphatic heterocycles. The molecule has 0 fully saturated rings. The fourth-order valence-electron chi connectivity index (χ4n) is 2.12. The Morgan fingerprint density at radius 1 is 1.29 bits per heavy atom. The fraction of sp³-hybridized carbons (Fsp3) is 0.231. The first-order chi connectivity index (χ1) is 9.83. The molecule has 0 bridgehead atoms. The smallest absolute Gasteiger partial charge is 0.307 e. The lowest BCUT2D eigenvalue weighted by atomic mass is 10.2. The molecule has 0 unspecified atom stereocenters. The van der Waals surface area contributed by atoms with Crippen molar-refractivity contribution in [2.24, 2.45) is 7.05 Å². The largest absolute Gasteiger partial charge is 0.416 e. The lowest BCUT2D eigenvalue weighted by Crippen LogP contribution is -2.05. The van der Waals surface area contributed by atoms with E-state index in [9.17, 15) is 13.2 Å². The van der Waals surface area contributed by atoms with E-state index in [2.05, 4.69) is 26.0 Å². The van der Waals surface area contributed by atoms with Gasteiger partial charge in [-0.25, -0.2) is 4.98 Å². The summed E-state index contributed by atoms with van der Waals surface area (Å²) >= 11 is 3.34. The molecule has 0 aliphatic rings. The van der Waals surface area contributed by atoms with Crippen molar-refractivity contribution in [3.63, 3.8) is 0 Å². The van der Waals surface area contributed by atoms with Gasteiger partial charge in [0, 0.05) is 37.6 Å². The molecule has 0 saturated carbocycles. The lowest BCUT2D eigenvalue weighted by Gasteiger charge is -2.05. The summed E-state index contributed by atoms with van der Waals surface area (Å²) in [5, 5.41) is 4.16. The van der Waals surface area contributed by atoms with Gasteiger partial charge in [-0.1, -0.05) is 0 Å². The monoisotopic (exact) mass is 358 g/mol. The normalized spacial score (nSPS) is 12.2. The third-order valence-corrected chi connectivity index (χ3v) is 3.73. The molecule has 110 valence electrons. The first-order valence-corrected chi connectivity index (χ1v) is 6.85. The van der Waals surface area contributed by atoms with Crippen LogP contribution in [0.5, 0.6) is 0 Å². The fourth-order valence-corrected chi connectivity index (χ4v) is 2.61. The Hall–Kier alpha value is -1.83. The number of alkyl halides is 3. The Bertz CT molecular complexity index is 803. The highest BCUT2D eigenvalue weighted by Crippen LogP contribution is 2.29. The zero-order valence-electron chi connectivity index (χ0n) is 10.9. The van der Waals surface area contributed by atoms with Crippen LogP contribution in [0.4, 0.5) is 13.2 Å². The Kier molecular flexibility index (Phi) is 3.27. The second-order valence-electron chi connectivity index (χ2n) is 4.71. The number of rotatable bonds is 2. The van der Waals surface area contributed by atoms with Gasteiger partial charge in [-0.05, 0) is 28.1 Å². The van der Waals surface area contributed by atoms with Crippen molar-refractivity contribution in [3.05, 3.63) is 52.1 Å². The van der Waals surface area contributed by atoms with E-state index in [1.54, 1.807) is 22.3 Å². The number of fused-ring (bicyclic) bond motifs is 1. The van der Waals surface area contributed by atoms with E-state index in [0.717, 1.165) is 17.7 Å². The molecule has 3 aromatic rings. The van der Waals surface area contributed by atoms with E-state index in [1.807, 2.05) is 6.20 Å². The minimum atomic E-state index is -4.36. The van der Waals surface area contributed by atoms with Crippen molar-refractivity contribution in [1.29, 1.82) is 0 Å². The van der Waals surface area contributed by atoms with Crippen molar-refractivity contribution >= 4 is 21.6 Å². The summed E-state index contributed by atoms with van der Waals surface area (Å²) in [5.41, 5.74) is 1.19. The molecular weight excluding hydrogens is 349 g/mol. The molecule has 8 heteroatoms. The Labute approximate surface area is 126 Å². The Morgan fingerprint density at radius 2 is 2.05 bits per heavy atom. The number of halogens is 4. The molecule has 0 radical (unpaired) electrons. The third-order valence-electron chi connectivity index (χ3n) is 3.06. The number of nitrogens with zero attached hydrogens (tertiary/aromatic N) is 4. The van der Waals surface area contributed by atoms with Crippen LogP contribution >= 0.6 is 15.9 Å². The van der Waals surface area contributed by atoms with Gasteiger partial charge in [0.1, 0.15) is 10.3 Å². The molecule has 4 nitrogen and oxygen atoms in total. The maximum atomic E-state index is 12.7. The quantitative estimate of drug-likeness (QED) is 0.703. The van der Waals surface area contributed by atoms with Gasteiger partial charge in [0.05, 0.1) is 11.3 Å². The maximum absolute atomic E-state index is 12.7. The molecule has 3 aromatic heterocycles. The molecule has 0 N–H and O–H groups in total. The summed E-state index contributed by atoms with van der Waals surface area (Å²) in [6.07, 6.45) is 1.06. The summed E-state index contributed by atoms with van der Waals surface area (Å²) in [4.78, 5) is 4.24. The molecule has 0 saturated heterocycles. The minimum Gasteiger partial charge on any atom is -0.307 e. The highest BCUT2D eigenvalue weighted by Gasteiger charge is 2.30. The molecular formula is C13H10BrF3N4. The predicted octanol–water partition coefficient (Wildman–Crippen LogP) is 3.44. The molecule has 3 heterocycles. The number of hydrogen-bond acceptors (Lipinski definition) is 2. The maximum Gasteiger partial charge on any atom is 0.416 e. The molecule has 21 heavy (non-hydrogen) atoms. The standard InChI is InChI=1S/C13H10BrF3N4/c1-20-6-8(12(14)19-20)4-10-7-21-3-2-9(13(15,16)17)5-11(21)18-10/h2-3,5-7H,4H2,1H3. The van der Waals surface area contributed by atoms with E-state index < -0.39 is 11.7 Å². The number of imidazole rings is 1. The second-order valence-corrected chi connectivity index (χ2v) is 5.46. The molecule has 0 aromatic carbocycles. The van der Waals surface area contributed by atoms with Gasteiger partial charge in [-0.3, -0.25) is 4.68 Å².